The summed E-state index contributed by atoms with van der Waals surface area (Å²) in [4.78, 5) is 24.7. The third-order valence-electron chi connectivity index (χ3n) is 4.46. The topological polar surface area (TPSA) is 85.1 Å². The maximum absolute atomic E-state index is 14.5. The zero-order chi connectivity index (χ0) is 20.7. The van der Waals surface area contributed by atoms with Crippen LogP contribution >= 0.6 is 0 Å². The molecule has 1 N–H and O–H groups in total. The van der Waals surface area contributed by atoms with E-state index in [0.29, 0.717) is 16.6 Å². The van der Waals surface area contributed by atoms with Crippen molar-refractivity contribution in [3.8, 4) is 11.4 Å². The van der Waals surface area contributed by atoms with Gasteiger partial charge in [0.25, 0.3) is 5.56 Å². The van der Waals surface area contributed by atoms with Crippen molar-refractivity contribution >= 4 is 28.2 Å². The minimum absolute atomic E-state index is 0.0615. The number of hydrogen-bond acceptors (Lipinski definition) is 6. The van der Waals surface area contributed by atoms with Gasteiger partial charge in [0, 0.05) is 17.1 Å². The Morgan fingerprint density at radius 3 is 2.67 bits per heavy atom. The number of halogens is 2. The van der Waals surface area contributed by atoms with E-state index < -0.39 is 17.2 Å². The van der Waals surface area contributed by atoms with Crippen LogP contribution in [-0.2, 0) is 0 Å². The molecule has 0 radical (unpaired) electrons. The molecule has 2 aromatic carbocycles. The molecule has 0 aliphatic carbocycles. The second-order valence-corrected chi connectivity index (χ2v) is 6.43. The first-order chi connectivity index (χ1) is 14.6. The van der Waals surface area contributed by atoms with Crippen LogP contribution in [0, 0.1) is 11.6 Å². The van der Waals surface area contributed by atoms with Crippen molar-refractivity contribution in [3.05, 3.63) is 88.8 Å². The van der Waals surface area contributed by atoms with Crippen molar-refractivity contribution in [1.82, 2.24) is 24.6 Å². The highest BCUT2D eigenvalue weighted by molar-refractivity contribution is 5.93. The summed E-state index contributed by atoms with van der Waals surface area (Å²) >= 11 is 0. The van der Waals surface area contributed by atoms with Gasteiger partial charge in [-0.05, 0) is 36.4 Å². The normalized spacial score (nSPS) is 11.1. The molecule has 0 saturated carbocycles. The SMILES string of the molecule is O=c1nccccc1Nc1nc2c(F)cccc2c2nc(-c3cccc(F)c3)nn12. The van der Waals surface area contributed by atoms with Crippen molar-refractivity contribution in [3.63, 3.8) is 0 Å². The second-order valence-electron chi connectivity index (χ2n) is 6.43. The summed E-state index contributed by atoms with van der Waals surface area (Å²) in [6.45, 7) is 0. The van der Waals surface area contributed by atoms with Gasteiger partial charge in [0.15, 0.2) is 11.5 Å². The van der Waals surface area contributed by atoms with E-state index in [9.17, 15) is 13.6 Å². The van der Waals surface area contributed by atoms with Gasteiger partial charge in [0.1, 0.15) is 22.8 Å². The van der Waals surface area contributed by atoms with Crippen LogP contribution in [0.3, 0.4) is 0 Å². The Bertz CT molecular complexity index is 1480. The highest BCUT2D eigenvalue weighted by atomic mass is 19.1. The minimum atomic E-state index is -0.549. The first kappa shape index (κ1) is 17.8. The first-order valence-electron chi connectivity index (χ1n) is 8.93. The van der Waals surface area contributed by atoms with Gasteiger partial charge in [-0.2, -0.15) is 4.52 Å². The lowest BCUT2D eigenvalue weighted by Crippen LogP contribution is -2.12. The smallest absolute Gasteiger partial charge is 0.293 e. The lowest BCUT2D eigenvalue weighted by atomic mass is 10.2. The number of para-hydroxylation sites is 1. The summed E-state index contributed by atoms with van der Waals surface area (Å²) in [5, 5.41) is 7.70. The molecule has 0 saturated heterocycles. The monoisotopic (exact) mass is 402 g/mol. The van der Waals surface area contributed by atoms with Gasteiger partial charge in [0.05, 0.1) is 0 Å². The molecule has 0 fully saturated rings. The van der Waals surface area contributed by atoms with E-state index in [4.69, 9.17) is 0 Å². The second kappa shape index (κ2) is 6.96. The Balaban J connectivity index is 1.79. The number of aromatic nitrogens is 5. The third kappa shape index (κ3) is 3.02. The molecule has 0 aliphatic rings. The predicted molar refractivity (Wildman–Crippen MR) is 107 cm³/mol. The van der Waals surface area contributed by atoms with E-state index in [1.165, 1.54) is 35.0 Å². The molecule has 5 rings (SSSR count). The lowest BCUT2D eigenvalue weighted by Gasteiger charge is -2.08. The third-order valence-corrected chi connectivity index (χ3v) is 4.46. The number of anilines is 2. The van der Waals surface area contributed by atoms with E-state index in [1.807, 2.05) is 0 Å². The Hall–Kier alpha value is -4.27. The average molecular weight is 402 g/mol. The number of nitrogens with zero attached hydrogens (tertiary/aromatic N) is 5. The van der Waals surface area contributed by atoms with Crippen molar-refractivity contribution in [1.29, 1.82) is 0 Å². The van der Waals surface area contributed by atoms with Crippen LogP contribution in [0.2, 0.25) is 0 Å². The molecular weight excluding hydrogens is 390 g/mol. The molecule has 0 atom stereocenters. The lowest BCUT2D eigenvalue weighted by molar-refractivity contribution is 0.628. The van der Waals surface area contributed by atoms with Gasteiger partial charge < -0.3 is 5.32 Å². The summed E-state index contributed by atoms with van der Waals surface area (Å²) in [6.07, 6.45) is 1.37. The van der Waals surface area contributed by atoms with E-state index in [1.54, 1.807) is 36.4 Å². The molecule has 3 aromatic heterocycles. The van der Waals surface area contributed by atoms with E-state index in [2.05, 4.69) is 25.4 Å². The summed E-state index contributed by atoms with van der Waals surface area (Å²) in [7, 11) is 0. The first-order valence-corrected chi connectivity index (χ1v) is 8.93. The Labute approximate surface area is 167 Å². The van der Waals surface area contributed by atoms with E-state index >= 15 is 0 Å². The van der Waals surface area contributed by atoms with Gasteiger partial charge in [-0.1, -0.05) is 24.3 Å². The van der Waals surface area contributed by atoms with Gasteiger partial charge in [-0.3, -0.25) is 4.79 Å². The molecule has 7 nitrogen and oxygen atoms in total. The summed E-state index contributed by atoms with van der Waals surface area (Å²) in [5.41, 5.74) is 0.432. The summed E-state index contributed by atoms with van der Waals surface area (Å²) in [6, 6.07) is 15.1. The molecule has 3 heterocycles. The van der Waals surface area contributed by atoms with Crippen LogP contribution in [-0.4, -0.2) is 24.6 Å². The van der Waals surface area contributed by atoms with Crippen molar-refractivity contribution in [2.75, 3.05) is 5.32 Å². The van der Waals surface area contributed by atoms with E-state index in [-0.39, 0.29) is 23.0 Å². The maximum Gasteiger partial charge on any atom is 0.293 e. The van der Waals surface area contributed by atoms with Crippen LogP contribution in [0.15, 0.2) is 71.7 Å². The molecule has 30 heavy (non-hydrogen) atoms. The molecular formula is C21H12F2N6O. The standard InChI is InChI=1S/C21H12F2N6O/c22-13-6-3-5-12(11-13)18-27-19-14-7-4-8-15(23)17(14)26-21(29(19)28-18)25-16-9-1-2-10-24-20(16)30/h1-11H,(H,24,25,26,30). The van der Waals surface area contributed by atoms with Gasteiger partial charge in [-0.15, -0.1) is 5.10 Å². The van der Waals surface area contributed by atoms with Crippen molar-refractivity contribution < 1.29 is 8.78 Å². The summed E-state index contributed by atoms with van der Waals surface area (Å²) in [5.74, 6) is -0.678. The highest BCUT2D eigenvalue weighted by Crippen LogP contribution is 2.26. The predicted octanol–water partition coefficient (Wildman–Crippen LogP) is 3.72. The van der Waals surface area contributed by atoms with Gasteiger partial charge in [-0.25, -0.2) is 23.7 Å². The number of rotatable bonds is 3. The maximum atomic E-state index is 14.5. The Morgan fingerprint density at radius 1 is 0.933 bits per heavy atom. The van der Waals surface area contributed by atoms with Crippen LogP contribution < -0.4 is 10.9 Å². The summed E-state index contributed by atoms with van der Waals surface area (Å²) < 4.78 is 29.5. The Kier molecular flexibility index (Phi) is 4.13. The minimum Gasteiger partial charge on any atom is -0.319 e. The van der Waals surface area contributed by atoms with Crippen molar-refractivity contribution in [2.24, 2.45) is 0 Å². The molecule has 9 heteroatoms. The molecule has 146 valence electrons. The largest absolute Gasteiger partial charge is 0.319 e. The molecule has 0 unspecified atom stereocenters. The van der Waals surface area contributed by atoms with Crippen LogP contribution in [0.5, 0.6) is 0 Å². The average Bonchev–Trinajstić information content (AvgIpc) is 3.09. The fraction of sp³-hybridized carbons (Fsp3) is 0. The number of fused-ring (bicyclic) bond motifs is 3. The van der Waals surface area contributed by atoms with Gasteiger partial charge in [0.2, 0.25) is 5.95 Å². The van der Waals surface area contributed by atoms with E-state index in [0.717, 1.165) is 0 Å². The highest BCUT2D eigenvalue weighted by Gasteiger charge is 2.17. The molecule has 0 aliphatic heterocycles. The van der Waals surface area contributed by atoms with Crippen LogP contribution in [0.1, 0.15) is 0 Å². The molecule has 0 amide bonds. The zero-order valence-corrected chi connectivity index (χ0v) is 15.3. The quantitative estimate of drug-likeness (QED) is 0.495. The number of nitrogens with one attached hydrogen (secondary N) is 1. The number of benzene rings is 2. The fourth-order valence-corrected chi connectivity index (χ4v) is 3.10. The van der Waals surface area contributed by atoms with Gasteiger partial charge >= 0.3 is 0 Å². The zero-order valence-electron chi connectivity index (χ0n) is 15.3. The molecule has 0 bridgehead atoms. The van der Waals surface area contributed by atoms with Crippen molar-refractivity contribution in [2.45, 2.75) is 0 Å². The van der Waals surface area contributed by atoms with Crippen LogP contribution in [0.4, 0.5) is 20.4 Å². The Morgan fingerprint density at radius 2 is 1.80 bits per heavy atom. The fourth-order valence-electron chi connectivity index (χ4n) is 3.10. The van der Waals surface area contributed by atoms with Crippen LogP contribution in [0.25, 0.3) is 27.9 Å². The molecule has 5 aromatic rings. The molecule has 0 spiro atoms. The number of hydrogen-bond donors (Lipinski definition) is 1.